The van der Waals surface area contributed by atoms with E-state index in [0.29, 0.717) is 25.5 Å². The Morgan fingerprint density at radius 2 is 2.06 bits per heavy atom. The molecule has 5 nitrogen and oxygen atoms in total. The van der Waals surface area contributed by atoms with Crippen LogP contribution in [0.5, 0.6) is 0 Å². The van der Waals surface area contributed by atoms with Crippen LogP contribution in [0.1, 0.15) is 39.0 Å². The van der Waals surface area contributed by atoms with Gasteiger partial charge in [-0.25, -0.2) is 4.79 Å². The van der Waals surface area contributed by atoms with Crippen molar-refractivity contribution >= 4 is 5.97 Å². The van der Waals surface area contributed by atoms with Crippen molar-refractivity contribution in [2.45, 2.75) is 39.0 Å². The summed E-state index contributed by atoms with van der Waals surface area (Å²) in [6.45, 7) is 3.77. The topological polar surface area (TPSA) is 81.8 Å². The molecule has 0 aromatic heterocycles. The molecule has 1 aliphatic heterocycles. The molecule has 0 aromatic carbocycles. The highest BCUT2D eigenvalue weighted by Crippen LogP contribution is 2.23. The predicted octanol–water partition coefficient (Wildman–Crippen LogP) is 1.87. The Labute approximate surface area is 108 Å². The number of carboxylic acid groups (broad SMARTS) is 1. The Bertz CT molecular complexity index is 295. The minimum absolute atomic E-state index is 0.0658. The maximum atomic E-state index is 11.2. The summed E-state index contributed by atoms with van der Waals surface area (Å²) in [6, 6.07) is 0. The van der Waals surface area contributed by atoms with Crippen molar-refractivity contribution in [3.63, 3.8) is 0 Å². The monoisotopic (exact) mass is 257 g/mol. The number of aliphatic carboxylic acids is 1. The molecule has 0 aliphatic carbocycles. The normalized spacial score (nSPS) is 18.3. The summed E-state index contributed by atoms with van der Waals surface area (Å²) in [6.07, 6.45) is 4.49. The van der Waals surface area contributed by atoms with Crippen LogP contribution >= 0.6 is 0 Å². The molecule has 1 rings (SSSR count). The average Bonchev–Trinajstić information content (AvgIpc) is 2.39. The van der Waals surface area contributed by atoms with Gasteiger partial charge in [-0.2, -0.15) is 0 Å². The van der Waals surface area contributed by atoms with E-state index < -0.39 is 5.97 Å². The molecule has 5 heteroatoms. The summed E-state index contributed by atoms with van der Waals surface area (Å²) < 4.78 is 10.6. The van der Waals surface area contributed by atoms with Gasteiger partial charge in [-0.1, -0.05) is 19.8 Å². The molecule has 0 unspecified atom stereocenters. The van der Waals surface area contributed by atoms with E-state index in [4.69, 9.17) is 20.3 Å². The third-order valence-electron chi connectivity index (χ3n) is 3.11. The van der Waals surface area contributed by atoms with Crippen LogP contribution in [0.2, 0.25) is 0 Å². The molecule has 1 heterocycles. The number of carboxylic acids is 1. The van der Waals surface area contributed by atoms with Gasteiger partial charge in [0.05, 0.1) is 12.3 Å². The van der Waals surface area contributed by atoms with Crippen LogP contribution in [0.3, 0.4) is 0 Å². The lowest BCUT2D eigenvalue weighted by Crippen LogP contribution is -2.25. The van der Waals surface area contributed by atoms with Crippen LogP contribution in [0.25, 0.3) is 0 Å². The first-order valence-corrected chi connectivity index (χ1v) is 6.60. The number of hydrogen-bond acceptors (Lipinski definition) is 4. The smallest absolute Gasteiger partial charge is 0.373 e. The number of allylic oxidation sites excluding steroid dienone is 1. The summed E-state index contributed by atoms with van der Waals surface area (Å²) in [5.41, 5.74) is 6.29. The number of hydrogen-bond donors (Lipinski definition) is 2. The Balaban J connectivity index is 2.59. The van der Waals surface area contributed by atoms with Crippen LogP contribution in [0, 0.1) is 5.92 Å². The molecule has 18 heavy (non-hydrogen) atoms. The molecule has 1 aliphatic rings. The van der Waals surface area contributed by atoms with Crippen molar-refractivity contribution < 1.29 is 19.4 Å². The highest BCUT2D eigenvalue weighted by atomic mass is 16.5. The summed E-state index contributed by atoms with van der Waals surface area (Å²) in [4.78, 5) is 11.2. The minimum Gasteiger partial charge on any atom is -0.485 e. The summed E-state index contributed by atoms with van der Waals surface area (Å²) in [7, 11) is 0. The minimum atomic E-state index is -1.07. The van der Waals surface area contributed by atoms with E-state index in [2.05, 4.69) is 6.92 Å². The van der Waals surface area contributed by atoms with Crippen LogP contribution in [0.4, 0.5) is 0 Å². The SMILES string of the molecule is CCCCCOC(C(=O)O)=C(N)C1CCOCC1. The lowest BCUT2D eigenvalue weighted by Gasteiger charge is -2.23. The van der Waals surface area contributed by atoms with Crippen molar-refractivity contribution in [1.29, 1.82) is 0 Å². The van der Waals surface area contributed by atoms with E-state index in [1.807, 2.05) is 0 Å². The molecule has 0 aromatic rings. The molecule has 0 spiro atoms. The van der Waals surface area contributed by atoms with E-state index in [0.717, 1.165) is 32.1 Å². The molecule has 0 radical (unpaired) electrons. The Morgan fingerprint density at radius 3 is 2.61 bits per heavy atom. The zero-order chi connectivity index (χ0) is 13.4. The van der Waals surface area contributed by atoms with Crippen LogP contribution in [-0.4, -0.2) is 30.9 Å². The van der Waals surface area contributed by atoms with Gasteiger partial charge in [0.2, 0.25) is 5.76 Å². The van der Waals surface area contributed by atoms with Gasteiger partial charge in [0.25, 0.3) is 0 Å². The molecule has 1 saturated heterocycles. The van der Waals surface area contributed by atoms with Crippen molar-refractivity contribution in [1.82, 2.24) is 0 Å². The highest BCUT2D eigenvalue weighted by molar-refractivity contribution is 5.85. The fraction of sp³-hybridized carbons (Fsp3) is 0.769. The van der Waals surface area contributed by atoms with Crippen molar-refractivity contribution in [2.75, 3.05) is 19.8 Å². The first kappa shape index (κ1) is 14.8. The Morgan fingerprint density at radius 1 is 1.39 bits per heavy atom. The maximum Gasteiger partial charge on any atom is 0.373 e. The number of nitrogens with two attached hydrogens (primary N) is 1. The van der Waals surface area contributed by atoms with Crippen molar-refractivity contribution in [2.24, 2.45) is 11.7 Å². The zero-order valence-electron chi connectivity index (χ0n) is 11.0. The number of carbonyl (C=O) groups is 1. The van der Waals surface area contributed by atoms with Crippen LogP contribution in [0.15, 0.2) is 11.5 Å². The molecular weight excluding hydrogens is 234 g/mol. The molecule has 0 bridgehead atoms. The van der Waals surface area contributed by atoms with Gasteiger partial charge in [0.15, 0.2) is 0 Å². The summed E-state index contributed by atoms with van der Waals surface area (Å²) in [5.74, 6) is -1.08. The van der Waals surface area contributed by atoms with Crippen LogP contribution in [-0.2, 0) is 14.3 Å². The standard InChI is InChI=1S/C13H23NO4/c1-2-3-4-7-18-12(13(15)16)11(14)10-5-8-17-9-6-10/h10H,2-9,14H2,1H3,(H,15,16). The fourth-order valence-electron chi connectivity index (χ4n) is 1.99. The summed E-state index contributed by atoms with van der Waals surface area (Å²) in [5, 5.41) is 9.14. The third-order valence-corrected chi connectivity index (χ3v) is 3.11. The Hall–Kier alpha value is -1.23. The molecule has 0 saturated carbocycles. The largest absolute Gasteiger partial charge is 0.485 e. The lowest BCUT2D eigenvalue weighted by atomic mass is 9.96. The lowest BCUT2D eigenvalue weighted by molar-refractivity contribution is -0.136. The van der Waals surface area contributed by atoms with Crippen molar-refractivity contribution in [3.8, 4) is 0 Å². The van der Waals surface area contributed by atoms with Crippen molar-refractivity contribution in [3.05, 3.63) is 11.5 Å². The molecule has 3 N–H and O–H groups in total. The van der Waals surface area contributed by atoms with E-state index in [-0.39, 0.29) is 11.7 Å². The second kappa shape index (κ2) is 7.97. The quantitative estimate of drug-likeness (QED) is 0.413. The van der Waals surface area contributed by atoms with E-state index >= 15 is 0 Å². The number of rotatable bonds is 7. The molecule has 0 amide bonds. The predicted molar refractivity (Wildman–Crippen MR) is 67.9 cm³/mol. The zero-order valence-corrected chi connectivity index (χ0v) is 11.0. The first-order valence-electron chi connectivity index (χ1n) is 6.60. The van der Waals surface area contributed by atoms with E-state index in [9.17, 15) is 4.79 Å². The molecule has 1 fully saturated rings. The maximum absolute atomic E-state index is 11.2. The third kappa shape index (κ3) is 4.56. The molecular formula is C13H23NO4. The van der Waals surface area contributed by atoms with Crippen LogP contribution < -0.4 is 5.73 Å². The molecule has 0 atom stereocenters. The number of unbranched alkanes of at least 4 members (excludes halogenated alkanes) is 2. The van der Waals surface area contributed by atoms with Gasteiger partial charge in [0, 0.05) is 19.1 Å². The highest BCUT2D eigenvalue weighted by Gasteiger charge is 2.23. The second-order valence-corrected chi connectivity index (χ2v) is 4.53. The first-order chi connectivity index (χ1) is 8.66. The number of ether oxygens (including phenoxy) is 2. The van der Waals surface area contributed by atoms with Gasteiger partial charge >= 0.3 is 5.97 Å². The van der Waals surface area contributed by atoms with Gasteiger partial charge in [-0.05, 0) is 19.3 Å². The van der Waals surface area contributed by atoms with E-state index in [1.165, 1.54) is 0 Å². The van der Waals surface area contributed by atoms with Gasteiger partial charge in [-0.3, -0.25) is 0 Å². The summed E-state index contributed by atoms with van der Waals surface area (Å²) >= 11 is 0. The Kier molecular flexibility index (Phi) is 6.57. The second-order valence-electron chi connectivity index (χ2n) is 4.53. The fourth-order valence-corrected chi connectivity index (χ4v) is 1.99. The van der Waals surface area contributed by atoms with Gasteiger partial charge in [0.1, 0.15) is 0 Å². The van der Waals surface area contributed by atoms with Gasteiger partial charge in [-0.15, -0.1) is 0 Å². The van der Waals surface area contributed by atoms with Gasteiger partial charge < -0.3 is 20.3 Å². The van der Waals surface area contributed by atoms with E-state index in [1.54, 1.807) is 0 Å². The average molecular weight is 257 g/mol. The molecule has 104 valence electrons.